The van der Waals surface area contributed by atoms with Crippen molar-refractivity contribution in [1.82, 2.24) is 5.32 Å². The van der Waals surface area contributed by atoms with E-state index in [1.165, 1.54) is 0 Å². The molecule has 0 bridgehead atoms. The Morgan fingerprint density at radius 1 is 1.10 bits per heavy atom. The minimum atomic E-state index is -0.417. The Labute approximate surface area is 132 Å². The minimum Gasteiger partial charge on any atom is -0.391 e. The van der Waals surface area contributed by atoms with E-state index in [1.54, 1.807) is 0 Å². The third-order valence-electron chi connectivity index (χ3n) is 4.11. The lowest BCUT2D eigenvalue weighted by Gasteiger charge is -2.28. The van der Waals surface area contributed by atoms with Gasteiger partial charge in [-0.15, -0.1) is 0 Å². The molecular weight excluding hydrogens is 330 g/mol. The van der Waals surface area contributed by atoms with E-state index in [2.05, 4.69) is 21.2 Å². The first-order valence-electron chi connectivity index (χ1n) is 7.32. The summed E-state index contributed by atoms with van der Waals surface area (Å²) in [4.78, 5) is 12.3. The van der Waals surface area contributed by atoms with E-state index in [9.17, 15) is 9.90 Å². The van der Waals surface area contributed by atoms with Crippen LogP contribution in [-0.2, 0) is 0 Å². The van der Waals surface area contributed by atoms with E-state index in [0.717, 1.165) is 40.9 Å². The Bertz CT molecular complexity index is 671. The summed E-state index contributed by atoms with van der Waals surface area (Å²) < 4.78 is 1.03. The van der Waals surface area contributed by atoms with Crippen molar-refractivity contribution >= 4 is 32.6 Å². The number of amides is 1. The Morgan fingerprint density at radius 3 is 2.62 bits per heavy atom. The SMILES string of the molecule is O=C(NC1CCCCC1O)c1ccc2cc(Br)ccc2c1. The highest BCUT2D eigenvalue weighted by Crippen LogP contribution is 2.22. The van der Waals surface area contributed by atoms with Crippen LogP contribution in [-0.4, -0.2) is 23.2 Å². The molecule has 21 heavy (non-hydrogen) atoms. The lowest BCUT2D eigenvalue weighted by Crippen LogP contribution is -2.45. The van der Waals surface area contributed by atoms with Crippen molar-refractivity contribution in [2.24, 2.45) is 0 Å². The van der Waals surface area contributed by atoms with Gasteiger partial charge in [-0.1, -0.05) is 40.9 Å². The fourth-order valence-electron chi connectivity index (χ4n) is 2.89. The normalized spacial score (nSPS) is 22.2. The van der Waals surface area contributed by atoms with E-state index in [-0.39, 0.29) is 11.9 Å². The molecule has 3 rings (SSSR count). The van der Waals surface area contributed by atoms with Gasteiger partial charge in [-0.05, 0) is 47.9 Å². The molecule has 2 aromatic rings. The molecule has 3 nitrogen and oxygen atoms in total. The largest absolute Gasteiger partial charge is 0.391 e. The molecule has 2 aromatic carbocycles. The second-order valence-corrected chi connectivity index (χ2v) is 6.55. The lowest BCUT2D eigenvalue weighted by atomic mass is 9.92. The molecule has 2 atom stereocenters. The van der Waals surface area contributed by atoms with E-state index in [1.807, 2.05) is 36.4 Å². The highest BCUT2D eigenvalue weighted by atomic mass is 79.9. The number of halogens is 1. The maximum absolute atomic E-state index is 12.3. The molecule has 110 valence electrons. The van der Waals surface area contributed by atoms with Crippen molar-refractivity contribution in [2.45, 2.75) is 37.8 Å². The average molecular weight is 348 g/mol. The lowest BCUT2D eigenvalue weighted by molar-refractivity contribution is 0.0717. The van der Waals surface area contributed by atoms with Crippen LogP contribution in [0.15, 0.2) is 40.9 Å². The number of nitrogens with one attached hydrogen (secondary N) is 1. The molecule has 1 fully saturated rings. The number of rotatable bonds is 2. The number of hydrogen-bond donors (Lipinski definition) is 2. The second-order valence-electron chi connectivity index (χ2n) is 5.64. The molecule has 0 spiro atoms. The first-order valence-corrected chi connectivity index (χ1v) is 8.11. The summed E-state index contributed by atoms with van der Waals surface area (Å²) in [6.45, 7) is 0. The predicted octanol–water partition coefficient (Wildman–Crippen LogP) is 3.64. The van der Waals surface area contributed by atoms with E-state index in [0.29, 0.717) is 5.56 Å². The number of benzene rings is 2. The molecule has 0 aliphatic heterocycles. The van der Waals surface area contributed by atoms with Crippen molar-refractivity contribution in [2.75, 3.05) is 0 Å². The molecule has 0 aromatic heterocycles. The number of fused-ring (bicyclic) bond motifs is 1. The van der Waals surface area contributed by atoms with Gasteiger partial charge in [0.1, 0.15) is 0 Å². The van der Waals surface area contributed by atoms with Crippen LogP contribution in [0.1, 0.15) is 36.0 Å². The summed E-state index contributed by atoms with van der Waals surface area (Å²) in [6, 6.07) is 11.5. The van der Waals surface area contributed by atoms with Crippen molar-refractivity contribution in [3.8, 4) is 0 Å². The highest BCUT2D eigenvalue weighted by Gasteiger charge is 2.24. The Kier molecular flexibility index (Phi) is 4.27. The topological polar surface area (TPSA) is 49.3 Å². The molecule has 4 heteroatoms. The van der Waals surface area contributed by atoms with Crippen LogP contribution in [0.2, 0.25) is 0 Å². The van der Waals surface area contributed by atoms with Gasteiger partial charge in [0.25, 0.3) is 5.91 Å². The zero-order chi connectivity index (χ0) is 14.8. The van der Waals surface area contributed by atoms with Crippen LogP contribution in [0.5, 0.6) is 0 Å². The van der Waals surface area contributed by atoms with Gasteiger partial charge >= 0.3 is 0 Å². The van der Waals surface area contributed by atoms with Gasteiger partial charge < -0.3 is 10.4 Å². The number of carbonyl (C=O) groups is 1. The molecule has 1 aliphatic rings. The molecule has 0 saturated heterocycles. The van der Waals surface area contributed by atoms with Crippen LogP contribution in [0.4, 0.5) is 0 Å². The first-order chi connectivity index (χ1) is 10.1. The fourth-order valence-corrected chi connectivity index (χ4v) is 3.27. The van der Waals surface area contributed by atoms with Crippen molar-refractivity contribution < 1.29 is 9.90 Å². The van der Waals surface area contributed by atoms with Crippen LogP contribution < -0.4 is 5.32 Å². The summed E-state index contributed by atoms with van der Waals surface area (Å²) >= 11 is 3.45. The number of hydrogen-bond acceptors (Lipinski definition) is 2. The first kappa shape index (κ1) is 14.5. The average Bonchev–Trinajstić information content (AvgIpc) is 2.49. The van der Waals surface area contributed by atoms with Gasteiger partial charge in [-0.2, -0.15) is 0 Å². The van der Waals surface area contributed by atoms with Gasteiger partial charge in [-0.3, -0.25) is 4.79 Å². The molecule has 2 unspecified atom stereocenters. The minimum absolute atomic E-state index is 0.106. The molecule has 2 N–H and O–H groups in total. The number of aliphatic hydroxyl groups is 1. The summed E-state index contributed by atoms with van der Waals surface area (Å²) in [7, 11) is 0. The van der Waals surface area contributed by atoms with Gasteiger partial charge in [0, 0.05) is 10.0 Å². The third kappa shape index (κ3) is 3.27. The second kappa shape index (κ2) is 6.16. The molecule has 1 amide bonds. The highest BCUT2D eigenvalue weighted by molar-refractivity contribution is 9.10. The van der Waals surface area contributed by atoms with Gasteiger partial charge in [0.2, 0.25) is 0 Å². The summed E-state index contributed by atoms with van der Waals surface area (Å²) in [5.74, 6) is -0.106. The zero-order valence-electron chi connectivity index (χ0n) is 11.7. The van der Waals surface area contributed by atoms with Crippen molar-refractivity contribution in [1.29, 1.82) is 0 Å². The standard InChI is InChI=1S/C17H18BrNO2/c18-14-8-7-11-9-13(6-5-12(11)10-14)17(21)19-15-3-1-2-4-16(15)20/h5-10,15-16,20H,1-4H2,(H,19,21). The van der Waals surface area contributed by atoms with Gasteiger partial charge in [-0.25, -0.2) is 0 Å². The molecule has 0 heterocycles. The van der Waals surface area contributed by atoms with E-state index < -0.39 is 6.10 Å². The molecular formula is C17H18BrNO2. The van der Waals surface area contributed by atoms with Crippen molar-refractivity contribution in [3.05, 3.63) is 46.4 Å². The zero-order valence-corrected chi connectivity index (χ0v) is 13.3. The van der Waals surface area contributed by atoms with Crippen LogP contribution in [0, 0.1) is 0 Å². The van der Waals surface area contributed by atoms with Crippen molar-refractivity contribution in [3.63, 3.8) is 0 Å². The van der Waals surface area contributed by atoms with E-state index >= 15 is 0 Å². The Morgan fingerprint density at radius 2 is 1.81 bits per heavy atom. The third-order valence-corrected chi connectivity index (χ3v) is 4.60. The van der Waals surface area contributed by atoms with Gasteiger partial charge in [0.05, 0.1) is 12.1 Å². The smallest absolute Gasteiger partial charge is 0.251 e. The summed E-state index contributed by atoms with van der Waals surface area (Å²) in [6.07, 6.45) is 3.31. The Balaban J connectivity index is 1.79. The summed E-state index contributed by atoms with van der Waals surface area (Å²) in [5.41, 5.74) is 0.641. The van der Waals surface area contributed by atoms with Crippen LogP contribution in [0.25, 0.3) is 10.8 Å². The Hall–Kier alpha value is -1.39. The van der Waals surface area contributed by atoms with Gasteiger partial charge in [0.15, 0.2) is 0 Å². The maximum Gasteiger partial charge on any atom is 0.251 e. The van der Waals surface area contributed by atoms with E-state index in [4.69, 9.17) is 0 Å². The quantitative estimate of drug-likeness (QED) is 0.871. The molecule has 1 saturated carbocycles. The summed E-state index contributed by atoms with van der Waals surface area (Å²) in [5, 5.41) is 15.0. The number of carbonyl (C=O) groups excluding carboxylic acids is 1. The monoisotopic (exact) mass is 347 g/mol. The maximum atomic E-state index is 12.3. The predicted molar refractivity (Wildman–Crippen MR) is 87.4 cm³/mol. The number of aliphatic hydroxyl groups excluding tert-OH is 1. The molecule has 0 radical (unpaired) electrons. The molecule has 1 aliphatic carbocycles. The fraction of sp³-hybridized carbons (Fsp3) is 0.353. The van der Waals surface area contributed by atoms with Crippen LogP contribution >= 0.6 is 15.9 Å². The van der Waals surface area contributed by atoms with Crippen LogP contribution in [0.3, 0.4) is 0 Å².